The molecule has 5 nitrogen and oxygen atoms in total. The van der Waals surface area contributed by atoms with Gasteiger partial charge in [-0.1, -0.05) is 33.6 Å². The monoisotopic (exact) mass is 586 g/mol. The van der Waals surface area contributed by atoms with E-state index in [4.69, 9.17) is 4.74 Å². The van der Waals surface area contributed by atoms with E-state index in [1.54, 1.807) is 24.3 Å². The van der Waals surface area contributed by atoms with Gasteiger partial charge in [0.1, 0.15) is 11.6 Å². The summed E-state index contributed by atoms with van der Waals surface area (Å²) in [4.78, 5) is 4.36. The van der Waals surface area contributed by atoms with Crippen molar-refractivity contribution in [2.45, 2.75) is 11.8 Å². The summed E-state index contributed by atoms with van der Waals surface area (Å²) >= 11 is 3.32. The van der Waals surface area contributed by atoms with Gasteiger partial charge in [0.2, 0.25) is 0 Å². The van der Waals surface area contributed by atoms with Crippen molar-refractivity contribution >= 4 is 37.0 Å². The van der Waals surface area contributed by atoms with Crippen LogP contribution in [0, 0.1) is 24.4 Å². The fourth-order valence-corrected chi connectivity index (χ4v) is 5.82. The Balaban J connectivity index is 1.85. The maximum absolute atomic E-state index is 14.7. The van der Waals surface area contributed by atoms with Crippen molar-refractivity contribution in [3.63, 3.8) is 0 Å². The van der Waals surface area contributed by atoms with Gasteiger partial charge in [-0.25, -0.2) is 30.5 Å². The molecule has 188 valence electrons. The average Bonchev–Trinajstić information content (AvgIpc) is 3.25. The number of aryl methyl sites for hydroxylation is 1. The van der Waals surface area contributed by atoms with Gasteiger partial charge < -0.3 is 4.74 Å². The van der Waals surface area contributed by atoms with Gasteiger partial charge >= 0.3 is 0 Å². The molecule has 0 aliphatic carbocycles. The number of ether oxygens (including phenoxy) is 1. The molecule has 0 saturated heterocycles. The van der Waals surface area contributed by atoms with Crippen LogP contribution in [0.25, 0.3) is 33.3 Å². The number of fused-ring (bicyclic) bond motifs is 1. The van der Waals surface area contributed by atoms with Gasteiger partial charge in [0.15, 0.2) is 17.2 Å². The summed E-state index contributed by atoms with van der Waals surface area (Å²) in [5.41, 5.74) is 1.55. The average molecular weight is 587 g/mol. The van der Waals surface area contributed by atoms with Crippen LogP contribution in [-0.4, -0.2) is 24.5 Å². The number of nitrogens with zero attached hydrogens (tertiary/aromatic N) is 2. The summed E-state index contributed by atoms with van der Waals surface area (Å²) < 4.78 is 77.6. The molecule has 0 fully saturated rings. The van der Waals surface area contributed by atoms with E-state index < -0.39 is 27.5 Å². The van der Waals surface area contributed by atoms with E-state index in [0.29, 0.717) is 16.1 Å². The Morgan fingerprint density at radius 1 is 0.892 bits per heavy atom. The summed E-state index contributed by atoms with van der Waals surface area (Å²) in [5, 5.41) is 0.232. The zero-order valence-corrected chi connectivity index (χ0v) is 21.9. The van der Waals surface area contributed by atoms with Crippen molar-refractivity contribution < 1.29 is 26.3 Å². The quantitative estimate of drug-likeness (QED) is 0.220. The highest BCUT2D eigenvalue weighted by atomic mass is 79.9. The molecular formula is C27H18BrF3N2O3S. The molecule has 0 atom stereocenters. The zero-order chi connectivity index (χ0) is 26.5. The molecule has 0 bridgehead atoms. The molecule has 3 aromatic carbocycles. The lowest BCUT2D eigenvalue weighted by molar-refractivity contribution is 0.386. The fourth-order valence-electron chi connectivity index (χ4n) is 4.13. The smallest absolute Gasteiger partial charge is 0.269 e. The minimum atomic E-state index is -4.16. The van der Waals surface area contributed by atoms with Crippen LogP contribution >= 0.6 is 15.9 Å². The number of hydrogen-bond donors (Lipinski definition) is 0. The number of pyridine rings is 1. The Kier molecular flexibility index (Phi) is 6.33. The molecule has 0 radical (unpaired) electrons. The second-order valence-corrected chi connectivity index (χ2v) is 11.1. The number of halogens is 4. The molecule has 0 unspecified atom stereocenters. The normalized spacial score (nSPS) is 11.7. The first-order chi connectivity index (χ1) is 17.6. The molecule has 37 heavy (non-hydrogen) atoms. The molecule has 10 heteroatoms. The second-order valence-electron chi connectivity index (χ2n) is 8.34. The first-order valence-corrected chi connectivity index (χ1v) is 13.2. The summed E-state index contributed by atoms with van der Waals surface area (Å²) in [6, 6.07) is 13.9. The van der Waals surface area contributed by atoms with E-state index in [1.165, 1.54) is 43.8 Å². The van der Waals surface area contributed by atoms with E-state index in [-0.39, 0.29) is 38.4 Å². The molecule has 5 rings (SSSR count). The Bertz CT molecular complexity index is 1790. The molecule has 0 amide bonds. The third kappa shape index (κ3) is 4.40. The molecule has 0 aliphatic rings. The van der Waals surface area contributed by atoms with E-state index in [0.717, 1.165) is 15.6 Å². The Labute approximate surface area is 219 Å². The van der Waals surface area contributed by atoms with Crippen LogP contribution < -0.4 is 4.74 Å². The first kappa shape index (κ1) is 25.0. The topological polar surface area (TPSA) is 61.2 Å². The van der Waals surface area contributed by atoms with Crippen molar-refractivity contribution in [1.29, 1.82) is 0 Å². The standard InChI is InChI=1S/C27H18BrF3N2O3S/c1-15-3-6-19(7-4-15)37(34,35)33-14-23(21-11-18(29)12-25(31)26(21)36-2)22-9-16(13-32-27(22)33)20-10-17(28)5-8-24(20)30/h3-14H,1-2H3. The molecule has 0 aliphatic heterocycles. The van der Waals surface area contributed by atoms with Gasteiger partial charge in [0, 0.05) is 50.6 Å². The molecule has 5 aromatic rings. The van der Waals surface area contributed by atoms with Gasteiger partial charge in [0.25, 0.3) is 10.0 Å². The van der Waals surface area contributed by atoms with E-state index in [1.807, 2.05) is 6.92 Å². The SMILES string of the molecule is COc1c(F)cc(F)cc1-c1cn(S(=O)(=O)c2ccc(C)cc2)c2ncc(-c3cc(Br)ccc3F)cc12. The number of aromatic nitrogens is 2. The third-order valence-electron chi connectivity index (χ3n) is 5.93. The molecular weight excluding hydrogens is 569 g/mol. The lowest BCUT2D eigenvalue weighted by Crippen LogP contribution is -2.12. The Hall–Kier alpha value is -3.63. The number of benzene rings is 3. The third-order valence-corrected chi connectivity index (χ3v) is 8.09. The van der Waals surface area contributed by atoms with Crippen LogP contribution in [0.5, 0.6) is 5.75 Å². The van der Waals surface area contributed by atoms with Crippen LogP contribution in [-0.2, 0) is 10.0 Å². The van der Waals surface area contributed by atoms with Crippen LogP contribution in [0.3, 0.4) is 0 Å². The first-order valence-electron chi connectivity index (χ1n) is 10.9. The molecule has 2 heterocycles. The summed E-state index contributed by atoms with van der Waals surface area (Å²) in [6.07, 6.45) is 2.59. The minimum Gasteiger partial charge on any atom is -0.493 e. The van der Waals surface area contributed by atoms with Crippen molar-refractivity contribution in [3.05, 3.63) is 101 Å². The van der Waals surface area contributed by atoms with Crippen LogP contribution in [0.2, 0.25) is 0 Å². The highest BCUT2D eigenvalue weighted by Crippen LogP contribution is 2.40. The lowest BCUT2D eigenvalue weighted by atomic mass is 10.0. The van der Waals surface area contributed by atoms with Gasteiger partial charge in [-0.3, -0.25) is 0 Å². The second kappa shape index (κ2) is 9.35. The van der Waals surface area contributed by atoms with Crippen molar-refractivity contribution in [2.24, 2.45) is 0 Å². The Morgan fingerprint density at radius 3 is 2.32 bits per heavy atom. The van der Waals surface area contributed by atoms with Gasteiger partial charge in [0.05, 0.1) is 12.0 Å². The number of methoxy groups -OCH3 is 1. The van der Waals surface area contributed by atoms with Crippen molar-refractivity contribution in [1.82, 2.24) is 8.96 Å². The molecule has 2 aromatic heterocycles. The zero-order valence-electron chi connectivity index (χ0n) is 19.5. The van der Waals surface area contributed by atoms with E-state index in [9.17, 15) is 21.6 Å². The van der Waals surface area contributed by atoms with Crippen LogP contribution in [0.1, 0.15) is 5.56 Å². The molecule has 0 spiro atoms. The highest BCUT2D eigenvalue weighted by Gasteiger charge is 2.26. The van der Waals surface area contributed by atoms with E-state index >= 15 is 0 Å². The number of rotatable bonds is 5. The number of hydrogen-bond acceptors (Lipinski definition) is 4. The fraction of sp³-hybridized carbons (Fsp3) is 0.0741. The lowest BCUT2D eigenvalue weighted by Gasteiger charge is -2.10. The van der Waals surface area contributed by atoms with Crippen LogP contribution in [0.4, 0.5) is 13.2 Å². The summed E-state index contributed by atoms with van der Waals surface area (Å²) in [5.74, 6) is -2.63. The van der Waals surface area contributed by atoms with E-state index in [2.05, 4.69) is 20.9 Å². The molecule has 0 saturated carbocycles. The van der Waals surface area contributed by atoms with Crippen molar-refractivity contribution in [3.8, 4) is 28.0 Å². The van der Waals surface area contributed by atoms with Gasteiger partial charge in [-0.05, 0) is 49.4 Å². The molecule has 0 N–H and O–H groups in total. The van der Waals surface area contributed by atoms with Crippen LogP contribution in [0.15, 0.2) is 82.4 Å². The predicted molar refractivity (Wildman–Crippen MR) is 138 cm³/mol. The Morgan fingerprint density at radius 2 is 1.62 bits per heavy atom. The van der Waals surface area contributed by atoms with Crippen molar-refractivity contribution in [2.75, 3.05) is 7.11 Å². The highest BCUT2D eigenvalue weighted by molar-refractivity contribution is 9.10. The maximum atomic E-state index is 14.7. The van der Waals surface area contributed by atoms with Gasteiger partial charge in [-0.2, -0.15) is 0 Å². The maximum Gasteiger partial charge on any atom is 0.269 e. The minimum absolute atomic E-state index is 0.00134. The van der Waals surface area contributed by atoms with Gasteiger partial charge in [-0.15, -0.1) is 0 Å². The predicted octanol–water partition coefficient (Wildman–Crippen LogP) is 7.10. The largest absolute Gasteiger partial charge is 0.493 e. The summed E-state index contributed by atoms with van der Waals surface area (Å²) in [7, 11) is -2.93. The summed E-state index contributed by atoms with van der Waals surface area (Å²) in [6.45, 7) is 1.83.